The summed E-state index contributed by atoms with van der Waals surface area (Å²) in [4.78, 5) is 4.80. The fraction of sp³-hybridized carbons (Fsp3) is 0.0702. The van der Waals surface area contributed by atoms with E-state index in [4.69, 9.17) is 10.4 Å². The number of fused-ring (bicyclic) bond motifs is 13. The van der Waals surface area contributed by atoms with Gasteiger partial charge in [-0.3, -0.25) is 20.0 Å². The SMILES string of the molecule is CC.N=C(/N=C/n1c2c(c3ccccc31)CCC=C2)n1c2ccccc2c2ccc3ccn(-c4ccccc4)c3c21.N=Cn1c2ccccc2c2ccc3ccn(-c4ccccc4)c3c21. The van der Waals surface area contributed by atoms with E-state index in [0.717, 1.165) is 84.7 Å². The summed E-state index contributed by atoms with van der Waals surface area (Å²) >= 11 is 0. The van der Waals surface area contributed by atoms with Gasteiger partial charge in [-0.05, 0) is 79.1 Å². The summed E-state index contributed by atoms with van der Waals surface area (Å²) in [5, 5.41) is 25.4. The number of allylic oxidation sites excluding steroid dienone is 1. The van der Waals surface area contributed by atoms with Crippen LogP contribution in [-0.4, -0.2) is 41.5 Å². The molecule has 0 radical (unpaired) electrons. The molecule has 0 bridgehead atoms. The molecule has 12 aromatic rings. The van der Waals surface area contributed by atoms with E-state index < -0.39 is 0 Å². The first-order chi connectivity index (χ1) is 32.2. The number of aromatic nitrogens is 5. The lowest BCUT2D eigenvalue weighted by Gasteiger charge is -2.11. The number of hydrogen-bond donors (Lipinski definition) is 2. The number of hydrogen-bond acceptors (Lipinski definition) is 2. The van der Waals surface area contributed by atoms with Gasteiger partial charge in [-0.15, -0.1) is 0 Å². The summed E-state index contributed by atoms with van der Waals surface area (Å²) in [6.45, 7) is 4.00. The number of benzene rings is 7. The van der Waals surface area contributed by atoms with Crippen LogP contribution in [0.1, 0.15) is 31.5 Å². The van der Waals surface area contributed by atoms with E-state index in [0.29, 0.717) is 0 Å². The van der Waals surface area contributed by atoms with E-state index in [1.807, 2.05) is 65.7 Å². The van der Waals surface area contributed by atoms with Crippen LogP contribution >= 0.6 is 0 Å². The van der Waals surface area contributed by atoms with Gasteiger partial charge in [0.05, 0.1) is 50.6 Å². The number of nitrogens with zero attached hydrogens (tertiary/aromatic N) is 6. The monoisotopic (exact) mass is 842 g/mol. The Morgan fingerprint density at radius 1 is 0.508 bits per heavy atom. The average Bonchev–Trinajstić information content (AvgIpc) is 4.20. The predicted molar refractivity (Wildman–Crippen MR) is 274 cm³/mol. The molecule has 13 rings (SSSR count). The molecule has 0 fully saturated rings. The highest BCUT2D eigenvalue weighted by Gasteiger charge is 2.21. The Balaban J connectivity index is 0.000000154. The smallest absolute Gasteiger partial charge is 0.228 e. The fourth-order valence-corrected chi connectivity index (χ4v) is 9.85. The number of aliphatic imine (C=N–C) groups is 1. The second-order valence-corrected chi connectivity index (χ2v) is 16.0. The van der Waals surface area contributed by atoms with E-state index in [-0.39, 0.29) is 5.96 Å². The minimum absolute atomic E-state index is 0.181. The molecule has 1 aliphatic carbocycles. The van der Waals surface area contributed by atoms with Crippen LogP contribution in [0.15, 0.2) is 193 Å². The van der Waals surface area contributed by atoms with Crippen molar-refractivity contribution in [2.75, 3.05) is 0 Å². The van der Waals surface area contributed by atoms with Gasteiger partial charge in [0, 0.05) is 61.5 Å². The normalized spacial score (nSPS) is 12.3. The molecule has 0 saturated carbocycles. The number of para-hydroxylation sites is 5. The Kier molecular flexibility index (Phi) is 9.89. The molecule has 8 nitrogen and oxygen atoms in total. The van der Waals surface area contributed by atoms with Crippen LogP contribution in [0.25, 0.3) is 93.8 Å². The van der Waals surface area contributed by atoms with Crippen molar-refractivity contribution in [3.8, 4) is 11.4 Å². The third-order valence-electron chi connectivity index (χ3n) is 12.6. The van der Waals surface area contributed by atoms with Gasteiger partial charge in [0.2, 0.25) is 5.96 Å². The third kappa shape index (κ3) is 6.33. The highest BCUT2D eigenvalue weighted by atomic mass is 15.2. The van der Waals surface area contributed by atoms with Crippen LogP contribution in [0.3, 0.4) is 0 Å². The molecular formula is C57H46N8. The standard InChI is InChI=1S/C34H25N5.C21H15N3.C2H6/c35-34(36-22-38-29-15-7-4-12-25(29)26-13-5-8-16-30(26)38)39-31-17-9-6-14-27(31)28-19-18-23-20-21-37(32(23)33(28)39)24-10-2-1-3-11-24;22-14-24-19-9-5-4-8-17(19)18-11-10-15-12-13-23(20(15)21(18)24)16-6-2-1-3-7-16;1-2/h1-4,6-12,14-22,35H,5,13H2;1-14,22H;1-2H3/b35-34?,36-22+;;. The van der Waals surface area contributed by atoms with E-state index in [2.05, 4.69) is 172 Å². The summed E-state index contributed by atoms with van der Waals surface area (Å²) in [5.41, 5.74) is 12.2. The highest BCUT2D eigenvalue weighted by Crippen LogP contribution is 2.38. The van der Waals surface area contributed by atoms with Crippen molar-refractivity contribution in [3.63, 3.8) is 0 Å². The van der Waals surface area contributed by atoms with E-state index in [9.17, 15) is 5.41 Å². The van der Waals surface area contributed by atoms with Gasteiger partial charge in [-0.2, -0.15) is 0 Å². The fourth-order valence-electron chi connectivity index (χ4n) is 9.85. The van der Waals surface area contributed by atoms with Crippen molar-refractivity contribution < 1.29 is 0 Å². The van der Waals surface area contributed by atoms with E-state index in [1.165, 1.54) is 33.4 Å². The first-order valence-electron chi connectivity index (χ1n) is 22.3. The molecule has 1 aliphatic rings. The van der Waals surface area contributed by atoms with Gasteiger partial charge >= 0.3 is 0 Å². The Hall–Kier alpha value is -8.49. The highest BCUT2D eigenvalue weighted by molar-refractivity contribution is 6.22. The van der Waals surface area contributed by atoms with Gasteiger partial charge in [0.25, 0.3) is 0 Å². The number of nitrogens with one attached hydrogen (secondary N) is 2. The lowest BCUT2D eigenvalue weighted by molar-refractivity contribution is 0.981. The molecule has 65 heavy (non-hydrogen) atoms. The van der Waals surface area contributed by atoms with Crippen LogP contribution in [-0.2, 0) is 6.42 Å². The molecule has 0 atom stereocenters. The lowest BCUT2D eigenvalue weighted by atomic mass is 10.0. The maximum Gasteiger partial charge on any atom is 0.228 e. The zero-order valence-electron chi connectivity index (χ0n) is 36.2. The lowest BCUT2D eigenvalue weighted by Crippen LogP contribution is -2.11. The number of rotatable bonds is 4. The molecule has 7 aromatic carbocycles. The molecule has 5 aromatic heterocycles. The summed E-state index contributed by atoms with van der Waals surface area (Å²) in [6.07, 6.45) is 13.9. The molecule has 2 N–H and O–H groups in total. The van der Waals surface area contributed by atoms with Crippen molar-refractivity contribution in [2.24, 2.45) is 4.99 Å². The van der Waals surface area contributed by atoms with Crippen LogP contribution in [0.4, 0.5) is 0 Å². The summed E-state index contributed by atoms with van der Waals surface area (Å²) in [6, 6.07) is 58.7. The summed E-state index contributed by atoms with van der Waals surface area (Å²) in [5.74, 6) is 0.181. The largest absolute Gasteiger partial charge is 0.315 e. The second kappa shape index (κ2) is 16.3. The molecule has 314 valence electrons. The summed E-state index contributed by atoms with van der Waals surface area (Å²) in [7, 11) is 0. The van der Waals surface area contributed by atoms with Crippen molar-refractivity contribution >= 4 is 101 Å². The molecule has 5 heterocycles. The minimum Gasteiger partial charge on any atom is -0.315 e. The van der Waals surface area contributed by atoms with Crippen molar-refractivity contribution in [3.05, 3.63) is 200 Å². The van der Waals surface area contributed by atoms with Gasteiger partial charge in [0.1, 0.15) is 6.34 Å². The first kappa shape index (κ1) is 39.4. The molecular weight excluding hydrogens is 797 g/mol. The van der Waals surface area contributed by atoms with Crippen LogP contribution < -0.4 is 0 Å². The van der Waals surface area contributed by atoms with Crippen molar-refractivity contribution in [2.45, 2.75) is 26.7 Å². The quantitative estimate of drug-likeness (QED) is 0.131. The summed E-state index contributed by atoms with van der Waals surface area (Å²) < 4.78 is 10.5. The van der Waals surface area contributed by atoms with Crippen LogP contribution in [0, 0.1) is 10.8 Å². The molecule has 0 unspecified atom stereocenters. The maximum atomic E-state index is 9.29. The number of aryl methyl sites for hydroxylation is 1. The molecule has 8 heteroatoms. The third-order valence-corrected chi connectivity index (χ3v) is 12.6. The van der Waals surface area contributed by atoms with Crippen molar-refractivity contribution in [1.82, 2.24) is 22.8 Å². The van der Waals surface area contributed by atoms with Gasteiger partial charge in [-0.1, -0.05) is 135 Å². The Morgan fingerprint density at radius 3 is 1.63 bits per heavy atom. The minimum atomic E-state index is 0.181. The average molecular weight is 843 g/mol. The Morgan fingerprint density at radius 2 is 1.02 bits per heavy atom. The zero-order valence-corrected chi connectivity index (χ0v) is 36.2. The van der Waals surface area contributed by atoms with Crippen LogP contribution in [0.5, 0.6) is 0 Å². The maximum absolute atomic E-state index is 9.29. The first-order valence-corrected chi connectivity index (χ1v) is 22.3. The molecule has 0 aliphatic heterocycles. The Bertz CT molecular complexity index is 3830. The molecule has 0 amide bonds. The van der Waals surface area contributed by atoms with Gasteiger partial charge < -0.3 is 13.7 Å². The topological polar surface area (TPSA) is 84.7 Å². The van der Waals surface area contributed by atoms with Gasteiger partial charge in [-0.25, -0.2) is 4.99 Å². The van der Waals surface area contributed by atoms with E-state index in [1.54, 1.807) is 0 Å². The second-order valence-electron chi connectivity index (χ2n) is 16.0. The van der Waals surface area contributed by atoms with E-state index >= 15 is 0 Å². The Labute approximate surface area is 375 Å². The zero-order chi connectivity index (χ0) is 44.0. The predicted octanol–water partition coefficient (Wildman–Crippen LogP) is 14.2. The van der Waals surface area contributed by atoms with Crippen molar-refractivity contribution in [1.29, 1.82) is 10.8 Å². The van der Waals surface area contributed by atoms with Crippen LogP contribution in [0.2, 0.25) is 0 Å². The van der Waals surface area contributed by atoms with Gasteiger partial charge in [0.15, 0.2) is 0 Å². The molecule has 0 spiro atoms. The molecule has 0 saturated heterocycles.